The maximum atomic E-state index is 12.9. The van der Waals surface area contributed by atoms with E-state index < -0.39 is 18.2 Å². The number of nitrogens with one attached hydrogen (secondary N) is 1. The third kappa shape index (κ3) is 5.10. The third-order valence-corrected chi connectivity index (χ3v) is 5.19. The highest BCUT2D eigenvalue weighted by Crippen LogP contribution is 2.21. The second-order valence-electron chi connectivity index (χ2n) is 8.01. The molecule has 30 heavy (non-hydrogen) atoms. The lowest BCUT2D eigenvalue weighted by Gasteiger charge is -2.22. The molecule has 7 heteroatoms. The number of hydrogen-bond acceptors (Lipinski definition) is 6. The molecule has 160 valence electrons. The maximum absolute atomic E-state index is 12.9. The van der Waals surface area contributed by atoms with E-state index >= 15 is 0 Å². The van der Waals surface area contributed by atoms with Crippen LogP contribution in [0.2, 0.25) is 0 Å². The zero-order chi connectivity index (χ0) is 21.8. The van der Waals surface area contributed by atoms with E-state index in [4.69, 9.17) is 4.84 Å². The first-order valence-corrected chi connectivity index (χ1v) is 10.0. The first-order valence-electron chi connectivity index (χ1n) is 10.0. The minimum Gasteiger partial charge on any atom is -0.378 e. The van der Waals surface area contributed by atoms with E-state index in [-0.39, 0.29) is 5.91 Å². The van der Waals surface area contributed by atoms with Crippen LogP contribution >= 0.6 is 0 Å². The van der Waals surface area contributed by atoms with Gasteiger partial charge in [-0.2, -0.15) is 5.06 Å². The minimum absolute atomic E-state index is 0.225. The van der Waals surface area contributed by atoms with Crippen LogP contribution in [-0.2, 0) is 27.3 Å². The van der Waals surface area contributed by atoms with Gasteiger partial charge in [-0.05, 0) is 41.8 Å². The summed E-state index contributed by atoms with van der Waals surface area (Å²) >= 11 is 0. The smallest absolute Gasteiger partial charge is 0.329 e. The number of amides is 1. The summed E-state index contributed by atoms with van der Waals surface area (Å²) in [6.45, 7) is 1.31. The molecular weight excluding hydrogens is 380 g/mol. The molecule has 1 heterocycles. The van der Waals surface area contributed by atoms with Gasteiger partial charge in [0.2, 0.25) is 0 Å². The largest absolute Gasteiger partial charge is 0.378 e. The molecule has 1 saturated heterocycles. The van der Waals surface area contributed by atoms with Gasteiger partial charge in [0, 0.05) is 52.9 Å². The lowest BCUT2D eigenvalue weighted by Crippen LogP contribution is -2.40. The van der Waals surface area contributed by atoms with Gasteiger partial charge < -0.3 is 14.6 Å². The molecule has 3 rings (SSSR count). The highest BCUT2D eigenvalue weighted by Gasteiger charge is 2.41. The normalized spacial score (nSPS) is 18.4. The highest BCUT2D eigenvalue weighted by molar-refractivity contribution is 5.85. The molecule has 0 bridgehead atoms. The van der Waals surface area contributed by atoms with Gasteiger partial charge >= 0.3 is 5.97 Å². The lowest BCUT2D eigenvalue weighted by molar-refractivity contribution is -0.199. The molecule has 2 aromatic rings. The molecule has 0 aliphatic carbocycles. The number of rotatable bonds is 7. The number of anilines is 2. The third-order valence-electron chi connectivity index (χ3n) is 5.19. The van der Waals surface area contributed by atoms with Gasteiger partial charge in [0.1, 0.15) is 6.17 Å². The van der Waals surface area contributed by atoms with Crippen molar-refractivity contribution in [3.05, 3.63) is 59.7 Å². The van der Waals surface area contributed by atoms with Crippen LogP contribution < -0.4 is 15.1 Å². The van der Waals surface area contributed by atoms with E-state index in [1.165, 1.54) is 12.0 Å². The van der Waals surface area contributed by atoms with Crippen molar-refractivity contribution in [1.29, 1.82) is 0 Å². The Labute approximate surface area is 178 Å². The van der Waals surface area contributed by atoms with Crippen LogP contribution in [0.25, 0.3) is 0 Å². The number of hydrogen-bond donors (Lipinski definition) is 1. The van der Waals surface area contributed by atoms with Crippen LogP contribution in [0, 0.1) is 0 Å². The van der Waals surface area contributed by atoms with Crippen LogP contribution in [0.1, 0.15) is 18.1 Å². The summed E-state index contributed by atoms with van der Waals surface area (Å²) in [4.78, 5) is 33.8. The second kappa shape index (κ2) is 9.17. The summed E-state index contributed by atoms with van der Waals surface area (Å²) in [5, 5.41) is 4.54. The first-order chi connectivity index (χ1) is 14.2. The minimum atomic E-state index is -0.505. The summed E-state index contributed by atoms with van der Waals surface area (Å²) in [5.74, 6) is -0.731. The Morgan fingerprint density at radius 2 is 1.37 bits per heavy atom. The van der Waals surface area contributed by atoms with E-state index in [0.717, 1.165) is 22.5 Å². The Morgan fingerprint density at radius 3 is 1.80 bits per heavy atom. The molecule has 1 aliphatic heterocycles. The molecule has 0 aromatic heterocycles. The van der Waals surface area contributed by atoms with Crippen molar-refractivity contribution in [2.24, 2.45) is 0 Å². The van der Waals surface area contributed by atoms with Crippen molar-refractivity contribution in [1.82, 2.24) is 10.4 Å². The zero-order valence-electron chi connectivity index (χ0n) is 18.3. The number of carbonyl (C=O) groups excluding carboxylic acids is 2. The molecule has 1 amide bonds. The van der Waals surface area contributed by atoms with E-state index in [9.17, 15) is 9.59 Å². The topological polar surface area (TPSA) is 65.1 Å². The fourth-order valence-corrected chi connectivity index (χ4v) is 3.53. The molecule has 0 spiro atoms. The summed E-state index contributed by atoms with van der Waals surface area (Å²) < 4.78 is 0. The molecule has 2 atom stereocenters. The first kappa shape index (κ1) is 21.6. The van der Waals surface area contributed by atoms with Gasteiger partial charge in [0.05, 0.1) is 6.04 Å². The van der Waals surface area contributed by atoms with Crippen molar-refractivity contribution in [3.63, 3.8) is 0 Å². The number of benzene rings is 2. The van der Waals surface area contributed by atoms with Crippen LogP contribution in [0.5, 0.6) is 0 Å². The SMILES string of the molecule is CC(=O)ON1C(=O)[C@H](Cc2ccc(N(C)C)cc2)N[C@H]1Cc1ccc(N(C)C)cc1. The van der Waals surface area contributed by atoms with Gasteiger partial charge in [-0.1, -0.05) is 24.3 Å². The number of carbonyl (C=O) groups is 2. The van der Waals surface area contributed by atoms with Gasteiger partial charge in [-0.15, -0.1) is 0 Å². The fourth-order valence-electron chi connectivity index (χ4n) is 3.53. The molecule has 1 fully saturated rings. The molecule has 0 unspecified atom stereocenters. The predicted octanol–water partition coefficient (Wildman–Crippen LogP) is 2.21. The van der Waals surface area contributed by atoms with Crippen molar-refractivity contribution in [2.75, 3.05) is 38.0 Å². The van der Waals surface area contributed by atoms with Crippen molar-refractivity contribution < 1.29 is 14.4 Å². The zero-order valence-corrected chi connectivity index (χ0v) is 18.3. The molecular formula is C23H30N4O3. The second-order valence-corrected chi connectivity index (χ2v) is 8.01. The van der Waals surface area contributed by atoms with Crippen LogP contribution in [0.4, 0.5) is 11.4 Å². The molecule has 1 N–H and O–H groups in total. The van der Waals surface area contributed by atoms with Crippen molar-refractivity contribution >= 4 is 23.3 Å². The van der Waals surface area contributed by atoms with Crippen LogP contribution in [-0.4, -0.2) is 57.3 Å². The molecule has 0 saturated carbocycles. The van der Waals surface area contributed by atoms with E-state index in [1.54, 1.807) is 0 Å². The molecule has 0 radical (unpaired) electrons. The average Bonchev–Trinajstić information content (AvgIpc) is 2.97. The van der Waals surface area contributed by atoms with Crippen molar-refractivity contribution in [3.8, 4) is 0 Å². The maximum Gasteiger partial charge on any atom is 0.329 e. The summed E-state index contributed by atoms with van der Waals surface area (Å²) in [6.07, 6.45) is 0.668. The summed E-state index contributed by atoms with van der Waals surface area (Å²) in [5.41, 5.74) is 4.30. The summed E-state index contributed by atoms with van der Waals surface area (Å²) in [6, 6.07) is 15.8. The fraction of sp³-hybridized carbons (Fsp3) is 0.391. The Hall–Kier alpha value is -3.06. The Bertz CT molecular complexity index is 878. The number of nitrogens with zero attached hydrogens (tertiary/aromatic N) is 3. The van der Waals surface area contributed by atoms with Gasteiger partial charge in [0.15, 0.2) is 0 Å². The standard InChI is InChI=1S/C23H30N4O3/c1-16(28)30-27-22(15-18-8-12-20(13-9-18)26(4)5)24-21(23(27)29)14-17-6-10-19(11-7-17)25(2)3/h6-13,21-22,24H,14-15H2,1-5H3/t21-,22+/m0/s1. The van der Waals surface area contributed by atoms with Gasteiger partial charge in [-0.3, -0.25) is 14.9 Å². The summed E-state index contributed by atoms with van der Waals surface area (Å²) in [7, 11) is 7.96. The van der Waals surface area contributed by atoms with Crippen LogP contribution in [0.3, 0.4) is 0 Å². The van der Waals surface area contributed by atoms with E-state index in [0.29, 0.717) is 12.8 Å². The molecule has 1 aliphatic rings. The number of hydroxylamine groups is 2. The lowest BCUT2D eigenvalue weighted by atomic mass is 10.1. The highest BCUT2D eigenvalue weighted by atomic mass is 16.7. The Balaban J connectivity index is 1.73. The Morgan fingerprint density at radius 1 is 0.900 bits per heavy atom. The molecule has 2 aromatic carbocycles. The average molecular weight is 411 g/mol. The molecule has 7 nitrogen and oxygen atoms in total. The Kier molecular flexibility index (Phi) is 6.62. The van der Waals surface area contributed by atoms with Gasteiger partial charge in [-0.25, -0.2) is 0 Å². The monoisotopic (exact) mass is 410 g/mol. The van der Waals surface area contributed by atoms with Crippen molar-refractivity contribution in [2.45, 2.75) is 32.0 Å². The quantitative estimate of drug-likeness (QED) is 0.755. The van der Waals surface area contributed by atoms with Gasteiger partial charge in [0.25, 0.3) is 5.91 Å². The van der Waals surface area contributed by atoms with Crippen LogP contribution in [0.15, 0.2) is 48.5 Å². The predicted molar refractivity (Wildman–Crippen MR) is 118 cm³/mol. The van der Waals surface area contributed by atoms with E-state index in [1.807, 2.05) is 86.5 Å². The van der Waals surface area contributed by atoms with E-state index in [2.05, 4.69) is 5.32 Å².